The molecule has 7 nitrogen and oxygen atoms in total. The minimum atomic E-state index is -0.0176. The Morgan fingerprint density at radius 1 is 0.967 bits per heavy atom. The molecule has 0 atom stereocenters. The van der Waals surface area contributed by atoms with Gasteiger partial charge in [-0.15, -0.1) is 24.0 Å². The monoisotopic (exact) mass is 526 g/mol. The van der Waals surface area contributed by atoms with Crippen molar-refractivity contribution in [1.29, 1.82) is 0 Å². The van der Waals surface area contributed by atoms with E-state index in [1.807, 2.05) is 48.5 Å². The third kappa shape index (κ3) is 8.89. The molecule has 2 aromatic rings. The number of guanidine groups is 1. The summed E-state index contributed by atoms with van der Waals surface area (Å²) >= 11 is 0. The first-order valence-corrected chi connectivity index (χ1v) is 9.50. The lowest BCUT2D eigenvalue weighted by Gasteiger charge is -2.15. The van der Waals surface area contributed by atoms with Gasteiger partial charge in [0.15, 0.2) is 5.96 Å². The van der Waals surface area contributed by atoms with Gasteiger partial charge in [-0.2, -0.15) is 0 Å². The number of nitrogens with one attached hydrogen (secondary N) is 2. The van der Waals surface area contributed by atoms with Crippen molar-refractivity contribution in [1.82, 2.24) is 15.5 Å². The van der Waals surface area contributed by atoms with E-state index in [1.54, 1.807) is 33.2 Å². The van der Waals surface area contributed by atoms with Crippen molar-refractivity contribution in [3.8, 4) is 11.5 Å². The molecule has 0 fully saturated rings. The minimum Gasteiger partial charge on any atom is -0.497 e. The Labute approximate surface area is 195 Å². The van der Waals surface area contributed by atoms with E-state index in [2.05, 4.69) is 15.6 Å². The van der Waals surface area contributed by atoms with Gasteiger partial charge in [0.1, 0.15) is 11.5 Å². The van der Waals surface area contributed by atoms with Crippen LogP contribution in [0.5, 0.6) is 11.5 Å². The summed E-state index contributed by atoms with van der Waals surface area (Å²) < 4.78 is 10.4. The van der Waals surface area contributed by atoms with Gasteiger partial charge in [-0.25, -0.2) is 4.99 Å². The number of methoxy groups -OCH3 is 2. The van der Waals surface area contributed by atoms with Crippen LogP contribution in [0.25, 0.3) is 0 Å². The van der Waals surface area contributed by atoms with Gasteiger partial charge < -0.3 is 25.0 Å². The van der Waals surface area contributed by atoms with Crippen molar-refractivity contribution in [3.63, 3.8) is 0 Å². The van der Waals surface area contributed by atoms with Crippen LogP contribution in [-0.2, 0) is 17.8 Å². The van der Waals surface area contributed by atoms with Crippen LogP contribution in [-0.4, -0.2) is 58.2 Å². The van der Waals surface area contributed by atoms with Crippen LogP contribution in [0.1, 0.15) is 11.1 Å². The first-order chi connectivity index (χ1) is 14.0. The molecule has 0 aliphatic rings. The van der Waals surface area contributed by atoms with Crippen LogP contribution in [0.4, 0.5) is 0 Å². The molecule has 0 unspecified atom stereocenters. The van der Waals surface area contributed by atoms with Crippen molar-refractivity contribution in [2.45, 2.75) is 13.0 Å². The molecule has 2 N–H and O–H groups in total. The second-order valence-electron chi connectivity index (χ2n) is 6.68. The largest absolute Gasteiger partial charge is 0.497 e. The molecule has 2 aromatic carbocycles. The number of hydrogen-bond acceptors (Lipinski definition) is 4. The number of amides is 1. The van der Waals surface area contributed by atoms with Gasteiger partial charge in [0.2, 0.25) is 5.91 Å². The van der Waals surface area contributed by atoms with Crippen molar-refractivity contribution in [3.05, 3.63) is 59.7 Å². The molecule has 164 valence electrons. The molecule has 30 heavy (non-hydrogen) atoms. The zero-order chi connectivity index (χ0) is 21.1. The summed E-state index contributed by atoms with van der Waals surface area (Å²) in [4.78, 5) is 18.1. The summed E-state index contributed by atoms with van der Waals surface area (Å²) in [5, 5.41) is 6.40. The highest BCUT2D eigenvalue weighted by Gasteiger charge is 2.06. The summed E-state index contributed by atoms with van der Waals surface area (Å²) in [5.41, 5.74) is 2.22. The van der Waals surface area contributed by atoms with E-state index in [1.165, 1.54) is 5.56 Å². The van der Waals surface area contributed by atoms with Gasteiger partial charge in [0.25, 0.3) is 0 Å². The van der Waals surface area contributed by atoms with Gasteiger partial charge in [-0.05, 0) is 41.8 Å². The van der Waals surface area contributed by atoms with E-state index in [9.17, 15) is 4.79 Å². The number of ether oxygens (including phenoxy) is 2. The number of benzene rings is 2. The first kappa shape index (κ1) is 25.5. The number of rotatable bonds is 9. The molecule has 0 saturated carbocycles. The molecule has 0 bridgehead atoms. The summed E-state index contributed by atoms with van der Waals surface area (Å²) in [5.74, 6) is 2.21. The zero-order valence-electron chi connectivity index (χ0n) is 18.0. The number of nitrogens with zero attached hydrogens (tertiary/aromatic N) is 2. The maximum Gasteiger partial charge on any atom is 0.241 e. The van der Waals surface area contributed by atoms with Crippen LogP contribution >= 0.6 is 24.0 Å². The minimum absolute atomic E-state index is 0. The number of halogens is 1. The van der Waals surface area contributed by atoms with Crippen LogP contribution in [0.3, 0.4) is 0 Å². The SMILES string of the molecule is COc1ccc(CCNC(=NCc2cccc(OC)c2)NCC(=O)N(C)C)cc1.I. The van der Waals surface area contributed by atoms with Gasteiger partial charge in [-0.3, -0.25) is 4.79 Å². The fourth-order valence-electron chi connectivity index (χ4n) is 2.55. The van der Waals surface area contributed by atoms with Crippen molar-refractivity contribution >= 4 is 35.8 Å². The summed E-state index contributed by atoms with van der Waals surface area (Å²) in [7, 11) is 6.76. The second kappa shape index (κ2) is 13.7. The zero-order valence-corrected chi connectivity index (χ0v) is 20.3. The second-order valence-corrected chi connectivity index (χ2v) is 6.68. The van der Waals surface area contributed by atoms with Crippen LogP contribution in [0, 0.1) is 0 Å². The summed E-state index contributed by atoms with van der Waals surface area (Å²) in [6, 6.07) is 15.7. The van der Waals surface area contributed by atoms with Crippen molar-refractivity contribution in [2.24, 2.45) is 4.99 Å². The van der Waals surface area contributed by atoms with E-state index >= 15 is 0 Å². The predicted octanol–water partition coefficient (Wildman–Crippen LogP) is 2.69. The third-order valence-corrected chi connectivity index (χ3v) is 4.32. The molecule has 0 saturated heterocycles. The van der Waals surface area contributed by atoms with Gasteiger partial charge in [0.05, 0.1) is 27.3 Å². The molecule has 0 aliphatic carbocycles. The van der Waals surface area contributed by atoms with E-state index in [-0.39, 0.29) is 36.4 Å². The molecule has 0 spiro atoms. The lowest BCUT2D eigenvalue weighted by Crippen LogP contribution is -2.43. The quantitative estimate of drug-likeness (QED) is 0.299. The Morgan fingerprint density at radius 3 is 2.30 bits per heavy atom. The number of carbonyl (C=O) groups is 1. The molecule has 8 heteroatoms. The normalized spacial score (nSPS) is 10.6. The Morgan fingerprint density at radius 2 is 1.67 bits per heavy atom. The Bertz CT molecular complexity index is 810. The van der Waals surface area contributed by atoms with E-state index in [0.29, 0.717) is 19.0 Å². The van der Waals surface area contributed by atoms with E-state index in [0.717, 1.165) is 23.5 Å². The summed E-state index contributed by atoms with van der Waals surface area (Å²) in [6.45, 7) is 1.34. The van der Waals surface area contributed by atoms with Crippen LogP contribution in [0.2, 0.25) is 0 Å². The van der Waals surface area contributed by atoms with Gasteiger partial charge in [0, 0.05) is 20.6 Å². The lowest BCUT2D eigenvalue weighted by molar-refractivity contribution is -0.127. The molecular formula is C22H31IN4O3. The fraction of sp³-hybridized carbons (Fsp3) is 0.364. The number of likely N-dealkylation sites (N-methyl/N-ethyl adjacent to an activating group) is 1. The topological polar surface area (TPSA) is 75.2 Å². The smallest absolute Gasteiger partial charge is 0.241 e. The molecule has 0 aromatic heterocycles. The van der Waals surface area contributed by atoms with Crippen LogP contribution in [0.15, 0.2) is 53.5 Å². The number of hydrogen-bond donors (Lipinski definition) is 2. The summed E-state index contributed by atoms with van der Waals surface area (Å²) in [6.07, 6.45) is 0.825. The standard InChI is InChI=1S/C22H30N4O3.HI/c1-26(2)21(27)16-25-22(24-15-18-6-5-7-20(14-18)29-4)23-13-12-17-8-10-19(28-3)11-9-17;/h5-11,14H,12-13,15-16H2,1-4H3,(H2,23,24,25);1H. The van der Waals surface area contributed by atoms with Crippen molar-refractivity contribution in [2.75, 3.05) is 41.4 Å². The number of carbonyl (C=O) groups excluding carboxylic acids is 1. The van der Waals surface area contributed by atoms with Crippen LogP contribution < -0.4 is 20.1 Å². The molecule has 0 heterocycles. The average molecular weight is 526 g/mol. The van der Waals surface area contributed by atoms with E-state index in [4.69, 9.17) is 9.47 Å². The molecule has 0 aliphatic heterocycles. The maximum absolute atomic E-state index is 11.9. The lowest BCUT2D eigenvalue weighted by atomic mass is 10.1. The fourth-order valence-corrected chi connectivity index (χ4v) is 2.55. The Kier molecular flexibility index (Phi) is 11.7. The highest BCUT2D eigenvalue weighted by Crippen LogP contribution is 2.13. The number of aliphatic imine (C=N–C) groups is 1. The first-order valence-electron chi connectivity index (χ1n) is 9.50. The molecule has 2 rings (SSSR count). The third-order valence-electron chi connectivity index (χ3n) is 4.32. The Balaban J connectivity index is 0.00000450. The maximum atomic E-state index is 11.9. The highest BCUT2D eigenvalue weighted by atomic mass is 127. The van der Waals surface area contributed by atoms with E-state index < -0.39 is 0 Å². The molecule has 0 radical (unpaired) electrons. The highest BCUT2D eigenvalue weighted by molar-refractivity contribution is 14.0. The van der Waals surface area contributed by atoms with Crippen molar-refractivity contribution < 1.29 is 14.3 Å². The molecular weight excluding hydrogens is 495 g/mol. The predicted molar refractivity (Wildman–Crippen MR) is 131 cm³/mol. The Hall–Kier alpha value is -2.49. The molecule has 1 amide bonds. The van der Waals surface area contributed by atoms with Gasteiger partial charge >= 0.3 is 0 Å². The average Bonchev–Trinajstić information content (AvgIpc) is 2.75. The van der Waals surface area contributed by atoms with Gasteiger partial charge in [-0.1, -0.05) is 24.3 Å².